The number of urea groups is 1. The van der Waals surface area contributed by atoms with Crippen molar-refractivity contribution >= 4 is 17.8 Å². The summed E-state index contributed by atoms with van der Waals surface area (Å²) in [6, 6.07) is -0.558. The van der Waals surface area contributed by atoms with Crippen LogP contribution in [0.5, 0.6) is 0 Å². The number of carbonyl (C=O) groups is 3. The Morgan fingerprint density at radius 2 is 1.65 bits per heavy atom. The van der Waals surface area contributed by atoms with E-state index in [0.717, 1.165) is 18.8 Å². The molecule has 0 radical (unpaired) electrons. The van der Waals surface area contributed by atoms with Crippen molar-refractivity contribution in [1.82, 2.24) is 10.2 Å². The van der Waals surface area contributed by atoms with Crippen molar-refractivity contribution in [2.45, 2.75) is 52.9 Å². The lowest BCUT2D eigenvalue weighted by Crippen LogP contribution is -2.62. The van der Waals surface area contributed by atoms with Gasteiger partial charge in [-0.05, 0) is 38.5 Å². The predicted molar refractivity (Wildman–Crippen MR) is 74.8 cm³/mol. The summed E-state index contributed by atoms with van der Waals surface area (Å²) in [5, 5.41) is 2.29. The molecule has 1 N–H and O–H groups in total. The number of hydrogen-bond donors (Lipinski definition) is 1. The van der Waals surface area contributed by atoms with Gasteiger partial charge in [0.1, 0.15) is 5.41 Å². The van der Waals surface area contributed by atoms with Crippen LogP contribution in [-0.4, -0.2) is 29.3 Å². The molecule has 1 saturated carbocycles. The fourth-order valence-electron chi connectivity index (χ4n) is 3.09. The first-order chi connectivity index (χ1) is 9.36. The second kappa shape index (κ2) is 5.54. The zero-order valence-corrected chi connectivity index (χ0v) is 12.6. The van der Waals surface area contributed by atoms with Crippen LogP contribution >= 0.6 is 0 Å². The van der Waals surface area contributed by atoms with Crippen LogP contribution in [0.15, 0.2) is 0 Å². The molecule has 112 valence electrons. The van der Waals surface area contributed by atoms with Gasteiger partial charge in [0.05, 0.1) is 0 Å². The lowest BCUT2D eigenvalue weighted by molar-refractivity contribution is -0.149. The van der Waals surface area contributed by atoms with Crippen LogP contribution in [0.25, 0.3) is 0 Å². The molecule has 20 heavy (non-hydrogen) atoms. The molecule has 1 saturated heterocycles. The largest absolute Gasteiger partial charge is 0.330 e. The topological polar surface area (TPSA) is 66.5 Å². The number of amides is 4. The fraction of sp³-hybridized carbons (Fsp3) is 0.800. The van der Waals surface area contributed by atoms with Crippen LogP contribution in [0.4, 0.5) is 4.79 Å². The standard InChI is InChI=1S/C15H24N2O3/c1-4-10-5-7-11(8-6-10)9-17-13(19)15(2,3)12(18)16-14(17)20/h10-11H,4-9H2,1-3H3,(H,16,18,20). The zero-order valence-electron chi connectivity index (χ0n) is 12.6. The van der Waals surface area contributed by atoms with Crippen LogP contribution in [0, 0.1) is 17.3 Å². The molecule has 2 rings (SSSR count). The van der Waals surface area contributed by atoms with E-state index >= 15 is 0 Å². The van der Waals surface area contributed by atoms with Crippen molar-refractivity contribution in [1.29, 1.82) is 0 Å². The minimum absolute atomic E-state index is 0.371. The Morgan fingerprint density at radius 1 is 1.10 bits per heavy atom. The first-order valence-electron chi connectivity index (χ1n) is 7.53. The van der Waals surface area contributed by atoms with Crippen LogP contribution in [0.1, 0.15) is 52.9 Å². The molecule has 1 aliphatic carbocycles. The number of imide groups is 2. The Morgan fingerprint density at radius 3 is 2.20 bits per heavy atom. The maximum Gasteiger partial charge on any atom is 0.330 e. The van der Waals surface area contributed by atoms with Gasteiger partial charge in [0.25, 0.3) is 0 Å². The quantitative estimate of drug-likeness (QED) is 0.807. The fourth-order valence-corrected chi connectivity index (χ4v) is 3.09. The first kappa shape index (κ1) is 15.0. The van der Waals surface area contributed by atoms with E-state index in [1.807, 2.05) is 0 Å². The van der Waals surface area contributed by atoms with E-state index in [2.05, 4.69) is 12.2 Å². The molecule has 0 spiro atoms. The molecule has 0 aromatic rings. The number of nitrogens with zero attached hydrogens (tertiary/aromatic N) is 1. The molecule has 4 amide bonds. The summed E-state index contributed by atoms with van der Waals surface area (Å²) in [6.45, 7) is 5.79. The second-order valence-corrected chi connectivity index (χ2v) is 6.60. The SMILES string of the molecule is CCC1CCC(CN2C(=O)NC(=O)C(C)(C)C2=O)CC1. The van der Waals surface area contributed by atoms with E-state index < -0.39 is 17.4 Å². The predicted octanol–water partition coefficient (Wildman–Crippen LogP) is 2.31. The third-order valence-electron chi connectivity index (χ3n) is 4.80. The maximum absolute atomic E-state index is 12.3. The molecule has 0 aromatic heterocycles. The number of nitrogens with one attached hydrogen (secondary N) is 1. The van der Waals surface area contributed by atoms with Gasteiger partial charge in [0.2, 0.25) is 11.8 Å². The van der Waals surface area contributed by atoms with E-state index in [-0.39, 0.29) is 5.91 Å². The minimum atomic E-state index is -1.14. The lowest BCUT2D eigenvalue weighted by atomic mass is 9.80. The summed E-state index contributed by atoms with van der Waals surface area (Å²) in [5.74, 6) is 0.286. The highest BCUT2D eigenvalue weighted by Crippen LogP contribution is 2.32. The summed E-state index contributed by atoms with van der Waals surface area (Å²) in [4.78, 5) is 37.1. The van der Waals surface area contributed by atoms with Gasteiger partial charge in [0.15, 0.2) is 0 Å². The number of carbonyl (C=O) groups excluding carboxylic acids is 3. The van der Waals surface area contributed by atoms with E-state index in [4.69, 9.17) is 0 Å². The summed E-state index contributed by atoms with van der Waals surface area (Å²) >= 11 is 0. The van der Waals surface area contributed by atoms with E-state index in [1.54, 1.807) is 13.8 Å². The minimum Gasteiger partial charge on any atom is -0.277 e. The second-order valence-electron chi connectivity index (χ2n) is 6.60. The Labute approximate surface area is 120 Å². The molecule has 0 aromatic carbocycles. The molecule has 5 heteroatoms. The average Bonchev–Trinajstić information content (AvgIpc) is 2.43. The maximum atomic E-state index is 12.3. The van der Waals surface area contributed by atoms with Crippen molar-refractivity contribution < 1.29 is 14.4 Å². The Balaban J connectivity index is 2.00. The monoisotopic (exact) mass is 280 g/mol. The van der Waals surface area contributed by atoms with Gasteiger partial charge >= 0.3 is 6.03 Å². The Bertz CT molecular complexity index is 423. The van der Waals surface area contributed by atoms with Gasteiger partial charge in [-0.15, -0.1) is 0 Å². The summed E-state index contributed by atoms with van der Waals surface area (Å²) < 4.78 is 0. The van der Waals surface area contributed by atoms with Crippen molar-refractivity contribution in [3.05, 3.63) is 0 Å². The third kappa shape index (κ3) is 2.72. The number of hydrogen-bond acceptors (Lipinski definition) is 3. The molecule has 0 atom stereocenters. The highest BCUT2D eigenvalue weighted by atomic mass is 16.2. The van der Waals surface area contributed by atoms with E-state index in [1.165, 1.54) is 24.2 Å². The van der Waals surface area contributed by atoms with Crippen molar-refractivity contribution in [2.75, 3.05) is 6.54 Å². The van der Waals surface area contributed by atoms with E-state index in [9.17, 15) is 14.4 Å². The molecular formula is C15H24N2O3. The Kier molecular flexibility index (Phi) is 4.16. The summed E-state index contributed by atoms with van der Waals surface area (Å²) in [7, 11) is 0. The van der Waals surface area contributed by atoms with Gasteiger partial charge < -0.3 is 0 Å². The van der Waals surface area contributed by atoms with Crippen LogP contribution in [-0.2, 0) is 9.59 Å². The lowest BCUT2D eigenvalue weighted by Gasteiger charge is -2.37. The normalized spacial score (nSPS) is 30.4. The van der Waals surface area contributed by atoms with Crippen molar-refractivity contribution in [3.8, 4) is 0 Å². The molecule has 0 bridgehead atoms. The first-order valence-corrected chi connectivity index (χ1v) is 7.53. The molecule has 2 fully saturated rings. The van der Waals surface area contributed by atoms with Crippen LogP contribution in [0.3, 0.4) is 0 Å². The number of rotatable bonds is 3. The molecule has 1 aliphatic heterocycles. The zero-order chi connectivity index (χ0) is 14.9. The third-order valence-corrected chi connectivity index (χ3v) is 4.80. The van der Waals surface area contributed by atoms with Crippen molar-refractivity contribution in [2.24, 2.45) is 17.3 Å². The van der Waals surface area contributed by atoms with Gasteiger partial charge in [-0.1, -0.05) is 26.2 Å². The van der Waals surface area contributed by atoms with Crippen LogP contribution in [0.2, 0.25) is 0 Å². The molecule has 5 nitrogen and oxygen atoms in total. The van der Waals surface area contributed by atoms with Gasteiger partial charge in [0, 0.05) is 6.54 Å². The summed E-state index contributed by atoms with van der Waals surface area (Å²) in [6.07, 6.45) is 5.67. The van der Waals surface area contributed by atoms with Gasteiger partial charge in [-0.3, -0.25) is 19.8 Å². The summed E-state index contributed by atoms with van der Waals surface area (Å²) in [5.41, 5.74) is -1.14. The number of barbiturate groups is 1. The van der Waals surface area contributed by atoms with Gasteiger partial charge in [-0.2, -0.15) is 0 Å². The molecular weight excluding hydrogens is 256 g/mol. The Hall–Kier alpha value is -1.39. The van der Waals surface area contributed by atoms with Gasteiger partial charge in [-0.25, -0.2) is 4.79 Å². The average molecular weight is 280 g/mol. The van der Waals surface area contributed by atoms with E-state index in [0.29, 0.717) is 12.5 Å². The highest BCUT2D eigenvalue weighted by molar-refractivity contribution is 6.18. The molecule has 1 heterocycles. The smallest absolute Gasteiger partial charge is 0.277 e. The van der Waals surface area contributed by atoms with Crippen LogP contribution < -0.4 is 5.32 Å². The highest BCUT2D eigenvalue weighted by Gasteiger charge is 2.47. The van der Waals surface area contributed by atoms with Crippen molar-refractivity contribution in [3.63, 3.8) is 0 Å². The molecule has 2 aliphatic rings. The molecule has 0 unspecified atom stereocenters.